The summed E-state index contributed by atoms with van der Waals surface area (Å²) < 4.78 is 16.9. The van der Waals surface area contributed by atoms with Crippen molar-refractivity contribution in [3.05, 3.63) is 70.6 Å². The maximum absolute atomic E-state index is 11.0. The number of aliphatic hydroxyl groups is 1. The molecule has 4 rings (SSSR count). The van der Waals surface area contributed by atoms with Crippen LogP contribution in [0.1, 0.15) is 88.3 Å². The van der Waals surface area contributed by atoms with E-state index < -0.39 is 6.10 Å². The third-order valence-electron chi connectivity index (χ3n) is 6.41. The Bertz CT molecular complexity index is 1110. The summed E-state index contributed by atoms with van der Waals surface area (Å²) in [6, 6.07) is 11.6. The molecule has 6 nitrogen and oxygen atoms in total. The van der Waals surface area contributed by atoms with E-state index in [1.807, 2.05) is 36.4 Å². The van der Waals surface area contributed by atoms with E-state index >= 15 is 0 Å². The van der Waals surface area contributed by atoms with Gasteiger partial charge in [0.15, 0.2) is 6.29 Å². The molecule has 0 spiro atoms. The first-order valence-electron chi connectivity index (χ1n) is 12.3. The van der Waals surface area contributed by atoms with Gasteiger partial charge in [-0.2, -0.15) is 0 Å². The first-order chi connectivity index (χ1) is 16.4. The second-order valence-corrected chi connectivity index (χ2v) is 11.4. The number of hydrogen-bond donors (Lipinski definition) is 2. The van der Waals surface area contributed by atoms with Gasteiger partial charge in [0.05, 0.1) is 25.0 Å². The van der Waals surface area contributed by atoms with Crippen LogP contribution in [0.2, 0.25) is 0 Å². The zero-order valence-electron chi connectivity index (χ0n) is 21.6. The van der Waals surface area contributed by atoms with Crippen molar-refractivity contribution in [2.75, 3.05) is 13.2 Å². The fourth-order valence-corrected chi connectivity index (χ4v) is 4.33. The third kappa shape index (κ3) is 5.77. The van der Waals surface area contributed by atoms with E-state index in [0.29, 0.717) is 37.7 Å². The van der Waals surface area contributed by atoms with Crippen molar-refractivity contribution in [1.29, 1.82) is 0 Å². The fourth-order valence-electron chi connectivity index (χ4n) is 4.33. The standard InChI is InChI=1S/C29H37NO5/c1-28(2,3)22-15-20(16-23(25(22)32)29(4,5)6)26-30-21(17-35-26)11-12-24(31)18-7-9-19(10-8-18)27-33-13-14-34-27/h7-10,15-17,24,27,31-32H,11-14H2,1-6H3. The number of phenols is 1. The van der Waals surface area contributed by atoms with E-state index in [1.54, 1.807) is 6.26 Å². The van der Waals surface area contributed by atoms with Crippen LogP contribution in [0.4, 0.5) is 0 Å². The monoisotopic (exact) mass is 479 g/mol. The zero-order valence-corrected chi connectivity index (χ0v) is 21.6. The first-order valence-corrected chi connectivity index (χ1v) is 12.3. The van der Waals surface area contributed by atoms with Gasteiger partial charge in [0.25, 0.3) is 0 Å². The van der Waals surface area contributed by atoms with Crippen LogP contribution in [0.5, 0.6) is 5.75 Å². The molecule has 1 fully saturated rings. The number of hydrogen-bond acceptors (Lipinski definition) is 6. The van der Waals surface area contributed by atoms with Crippen molar-refractivity contribution in [2.24, 2.45) is 0 Å². The Morgan fingerprint density at radius 2 is 1.51 bits per heavy atom. The summed E-state index contributed by atoms with van der Waals surface area (Å²) in [5.74, 6) is 0.854. The molecule has 35 heavy (non-hydrogen) atoms. The highest BCUT2D eigenvalue weighted by molar-refractivity contribution is 5.63. The number of phenolic OH excluding ortho intramolecular Hbond substituents is 1. The van der Waals surface area contributed by atoms with Crippen molar-refractivity contribution in [3.8, 4) is 17.2 Å². The Morgan fingerprint density at radius 3 is 2.06 bits per heavy atom. The number of oxazole rings is 1. The van der Waals surface area contributed by atoms with Crippen LogP contribution in [0.25, 0.3) is 11.5 Å². The fraction of sp³-hybridized carbons (Fsp3) is 0.483. The topological polar surface area (TPSA) is 85.0 Å². The van der Waals surface area contributed by atoms with Crippen LogP contribution in [-0.2, 0) is 26.7 Å². The van der Waals surface area contributed by atoms with Gasteiger partial charge < -0.3 is 24.1 Å². The molecule has 1 aliphatic rings. The molecule has 188 valence electrons. The van der Waals surface area contributed by atoms with Gasteiger partial charge in [-0.05, 0) is 41.4 Å². The summed E-state index contributed by atoms with van der Waals surface area (Å²) in [5.41, 5.74) is 4.70. The van der Waals surface area contributed by atoms with Crippen LogP contribution >= 0.6 is 0 Å². The average Bonchev–Trinajstić information content (AvgIpc) is 3.49. The number of benzene rings is 2. The van der Waals surface area contributed by atoms with Crippen LogP contribution < -0.4 is 0 Å². The minimum absolute atomic E-state index is 0.231. The Hall–Kier alpha value is -2.67. The van der Waals surface area contributed by atoms with Gasteiger partial charge in [-0.25, -0.2) is 4.98 Å². The molecule has 0 aliphatic carbocycles. The molecule has 2 heterocycles. The maximum Gasteiger partial charge on any atom is 0.226 e. The Morgan fingerprint density at radius 1 is 0.943 bits per heavy atom. The number of ether oxygens (including phenoxy) is 2. The number of rotatable bonds is 6. The molecule has 2 N–H and O–H groups in total. The second-order valence-electron chi connectivity index (χ2n) is 11.4. The SMILES string of the molecule is CC(C)(C)c1cc(-c2nc(CCC(O)c3ccc(C4OCCO4)cc3)co2)cc(C(C)(C)C)c1O. The molecule has 1 atom stereocenters. The Kier molecular flexibility index (Phi) is 7.09. The molecule has 1 unspecified atom stereocenters. The number of nitrogens with zero attached hydrogens (tertiary/aromatic N) is 1. The largest absolute Gasteiger partial charge is 0.507 e. The molecule has 1 saturated heterocycles. The zero-order chi connectivity index (χ0) is 25.4. The molecule has 0 bridgehead atoms. The molecule has 2 aromatic carbocycles. The molecular weight excluding hydrogens is 442 g/mol. The van der Waals surface area contributed by atoms with Gasteiger partial charge in [0.2, 0.25) is 5.89 Å². The van der Waals surface area contributed by atoms with E-state index in [2.05, 4.69) is 41.5 Å². The van der Waals surface area contributed by atoms with Gasteiger partial charge in [0, 0.05) is 22.3 Å². The second kappa shape index (κ2) is 9.76. The molecule has 1 aromatic heterocycles. The Labute approximate surface area is 207 Å². The third-order valence-corrected chi connectivity index (χ3v) is 6.41. The van der Waals surface area contributed by atoms with Gasteiger partial charge in [0.1, 0.15) is 12.0 Å². The summed E-state index contributed by atoms with van der Waals surface area (Å²) in [6.07, 6.45) is 1.84. The lowest BCUT2D eigenvalue weighted by Gasteiger charge is -2.27. The minimum atomic E-state index is -0.608. The predicted molar refractivity (Wildman–Crippen MR) is 135 cm³/mol. The van der Waals surface area contributed by atoms with Gasteiger partial charge in [-0.3, -0.25) is 0 Å². The lowest BCUT2D eigenvalue weighted by molar-refractivity contribution is -0.0441. The average molecular weight is 480 g/mol. The predicted octanol–water partition coefficient (Wildman–Crippen LogP) is 6.35. The van der Waals surface area contributed by atoms with Crippen molar-refractivity contribution < 1.29 is 24.1 Å². The highest BCUT2D eigenvalue weighted by Crippen LogP contribution is 2.42. The maximum atomic E-state index is 11.0. The number of aryl methyl sites for hydroxylation is 1. The molecule has 0 amide bonds. The summed E-state index contributed by atoms with van der Waals surface area (Å²) in [5, 5.41) is 21.7. The van der Waals surface area contributed by atoms with E-state index in [1.165, 1.54) is 0 Å². The van der Waals surface area contributed by atoms with Crippen LogP contribution in [0, 0.1) is 0 Å². The quantitative estimate of drug-likeness (QED) is 0.428. The lowest BCUT2D eigenvalue weighted by atomic mass is 9.78. The normalized spacial score (nSPS) is 16.1. The Balaban J connectivity index is 1.48. The van der Waals surface area contributed by atoms with E-state index in [4.69, 9.17) is 18.9 Å². The van der Waals surface area contributed by atoms with E-state index in [9.17, 15) is 10.2 Å². The molecule has 3 aromatic rings. The highest BCUT2D eigenvalue weighted by atomic mass is 16.7. The van der Waals surface area contributed by atoms with Crippen LogP contribution in [0.3, 0.4) is 0 Å². The van der Waals surface area contributed by atoms with E-state index in [-0.39, 0.29) is 17.1 Å². The number of aliphatic hydroxyl groups excluding tert-OH is 1. The first kappa shape index (κ1) is 25.4. The summed E-state index contributed by atoms with van der Waals surface area (Å²) in [7, 11) is 0. The van der Waals surface area contributed by atoms with Crippen molar-refractivity contribution in [3.63, 3.8) is 0 Å². The van der Waals surface area contributed by atoms with Gasteiger partial charge in [-0.1, -0.05) is 65.8 Å². The van der Waals surface area contributed by atoms with Gasteiger partial charge >= 0.3 is 0 Å². The van der Waals surface area contributed by atoms with Gasteiger partial charge in [-0.15, -0.1) is 0 Å². The lowest BCUT2D eigenvalue weighted by Crippen LogP contribution is -2.17. The number of aromatic hydroxyl groups is 1. The smallest absolute Gasteiger partial charge is 0.226 e. The van der Waals surface area contributed by atoms with Crippen molar-refractivity contribution in [2.45, 2.75) is 77.6 Å². The molecule has 1 aliphatic heterocycles. The summed E-state index contributed by atoms with van der Waals surface area (Å²) in [6.45, 7) is 13.7. The molecule has 0 saturated carbocycles. The number of aromatic nitrogens is 1. The minimum Gasteiger partial charge on any atom is -0.507 e. The highest BCUT2D eigenvalue weighted by Gasteiger charge is 2.28. The molecule has 6 heteroatoms. The molecule has 0 radical (unpaired) electrons. The van der Waals surface area contributed by atoms with Crippen molar-refractivity contribution in [1.82, 2.24) is 4.98 Å². The van der Waals surface area contributed by atoms with E-state index in [0.717, 1.165) is 33.5 Å². The van der Waals surface area contributed by atoms with Crippen LogP contribution in [0.15, 0.2) is 47.1 Å². The molecular formula is C29H37NO5. The summed E-state index contributed by atoms with van der Waals surface area (Å²) >= 11 is 0. The van der Waals surface area contributed by atoms with Crippen LogP contribution in [-0.4, -0.2) is 28.4 Å². The van der Waals surface area contributed by atoms with Crippen molar-refractivity contribution >= 4 is 0 Å². The summed E-state index contributed by atoms with van der Waals surface area (Å²) in [4.78, 5) is 4.70.